The Morgan fingerprint density at radius 3 is 2.69 bits per heavy atom. The lowest BCUT2D eigenvalue weighted by molar-refractivity contribution is -0.390. The molecule has 0 bridgehead atoms. The number of carbonyl (C=O) groups excluding carboxylic acids is 1. The summed E-state index contributed by atoms with van der Waals surface area (Å²) in [5.74, 6) is -0.984. The molecule has 0 fully saturated rings. The summed E-state index contributed by atoms with van der Waals surface area (Å²) < 4.78 is 4.37. The topological polar surface area (TPSA) is 98.1 Å². The number of hydrogen-bond acceptors (Lipinski definition) is 5. The smallest absolute Gasteiger partial charge is 0.361 e. The highest BCUT2D eigenvalue weighted by Crippen LogP contribution is 2.17. The Balaban J connectivity index is 3.13. The van der Waals surface area contributed by atoms with E-state index in [1.807, 2.05) is 0 Å². The van der Waals surface area contributed by atoms with Crippen LogP contribution in [0.2, 0.25) is 0 Å². The molecule has 0 aromatic carbocycles. The van der Waals surface area contributed by atoms with Crippen LogP contribution >= 0.6 is 0 Å². The zero-order valence-electron chi connectivity index (χ0n) is 7.03. The fraction of sp³-hybridized carbons (Fsp3) is 0.333. The van der Waals surface area contributed by atoms with Gasteiger partial charge in [-0.25, -0.2) is 4.79 Å². The van der Waals surface area contributed by atoms with Gasteiger partial charge in [0.1, 0.15) is 0 Å². The van der Waals surface area contributed by atoms with E-state index in [4.69, 9.17) is 0 Å². The summed E-state index contributed by atoms with van der Waals surface area (Å²) in [4.78, 5) is 20.6. The van der Waals surface area contributed by atoms with Crippen LogP contribution in [0.1, 0.15) is 16.1 Å². The highest BCUT2D eigenvalue weighted by atomic mass is 16.6. The van der Waals surface area contributed by atoms with Gasteiger partial charge in [-0.1, -0.05) is 5.10 Å². The lowest BCUT2D eigenvalue weighted by Gasteiger charge is -1.93. The van der Waals surface area contributed by atoms with Crippen LogP contribution in [0.25, 0.3) is 0 Å². The van der Waals surface area contributed by atoms with Gasteiger partial charge in [-0.15, -0.1) is 5.10 Å². The molecule has 0 unspecified atom stereocenters. The van der Waals surface area contributed by atoms with Crippen LogP contribution in [0, 0.1) is 17.0 Å². The third-order valence-corrected chi connectivity index (χ3v) is 1.55. The van der Waals surface area contributed by atoms with E-state index in [1.54, 1.807) is 0 Å². The van der Waals surface area contributed by atoms with E-state index in [9.17, 15) is 14.9 Å². The zero-order chi connectivity index (χ0) is 10.0. The molecule has 0 saturated carbocycles. The average molecular weight is 185 g/mol. The van der Waals surface area contributed by atoms with Crippen LogP contribution in [0.15, 0.2) is 0 Å². The highest BCUT2D eigenvalue weighted by molar-refractivity contribution is 5.89. The van der Waals surface area contributed by atoms with Gasteiger partial charge < -0.3 is 14.9 Å². The van der Waals surface area contributed by atoms with Crippen molar-refractivity contribution in [3.8, 4) is 0 Å². The van der Waals surface area contributed by atoms with Crippen LogP contribution < -0.4 is 0 Å². The second-order valence-electron chi connectivity index (χ2n) is 2.29. The normalized spacial score (nSPS) is 9.69. The summed E-state index contributed by atoms with van der Waals surface area (Å²) in [6.07, 6.45) is 0. The molecule has 13 heavy (non-hydrogen) atoms. The van der Waals surface area contributed by atoms with Crippen LogP contribution in [-0.2, 0) is 4.74 Å². The van der Waals surface area contributed by atoms with E-state index in [0.29, 0.717) is 0 Å². The van der Waals surface area contributed by atoms with E-state index in [2.05, 4.69) is 14.9 Å². The van der Waals surface area contributed by atoms with Gasteiger partial charge in [0.05, 0.1) is 12.7 Å². The number of hydrogen-bond donors (Lipinski definition) is 1. The summed E-state index contributed by atoms with van der Waals surface area (Å²) in [6, 6.07) is 0. The van der Waals surface area contributed by atoms with Crippen molar-refractivity contribution in [2.75, 3.05) is 7.11 Å². The van der Waals surface area contributed by atoms with E-state index in [-0.39, 0.29) is 17.1 Å². The Labute approximate surface area is 72.9 Å². The fourth-order valence-electron chi connectivity index (χ4n) is 0.862. The number of rotatable bonds is 2. The van der Waals surface area contributed by atoms with Crippen molar-refractivity contribution in [3.05, 3.63) is 21.4 Å². The SMILES string of the molecule is COC(=O)c1n[nH]c([N+](=O)[O-])c1C. The number of ether oxygens (including phenoxy) is 1. The lowest BCUT2D eigenvalue weighted by Crippen LogP contribution is -2.03. The first-order valence-corrected chi connectivity index (χ1v) is 3.35. The zero-order valence-corrected chi connectivity index (χ0v) is 7.03. The van der Waals surface area contributed by atoms with E-state index >= 15 is 0 Å². The number of carbonyl (C=O) groups is 1. The van der Waals surface area contributed by atoms with Crippen molar-refractivity contribution in [2.24, 2.45) is 0 Å². The molecule has 0 aliphatic carbocycles. The fourth-order valence-corrected chi connectivity index (χ4v) is 0.862. The Hall–Kier alpha value is -1.92. The molecular formula is C6H7N3O4. The molecule has 1 N–H and O–H groups in total. The molecule has 0 atom stereocenters. The molecule has 7 heteroatoms. The largest absolute Gasteiger partial charge is 0.464 e. The van der Waals surface area contributed by atoms with Crippen molar-refractivity contribution in [3.63, 3.8) is 0 Å². The van der Waals surface area contributed by atoms with Crippen LogP contribution in [0.5, 0.6) is 0 Å². The van der Waals surface area contributed by atoms with Crippen molar-refractivity contribution in [2.45, 2.75) is 6.92 Å². The molecule has 70 valence electrons. The van der Waals surface area contributed by atoms with Gasteiger partial charge >= 0.3 is 11.8 Å². The summed E-state index contributed by atoms with van der Waals surface area (Å²) in [7, 11) is 1.18. The number of aromatic nitrogens is 2. The molecule has 7 nitrogen and oxygen atoms in total. The van der Waals surface area contributed by atoms with Crippen LogP contribution in [-0.4, -0.2) is 28.2 Å². The van der Waals surface area contributed by atoms with Gasteiger partial charge in [-0.3, -0.25) is 0 Å². The summed E-state index contributed by atoms with van der Waals surface area (Å²) in [5, 5.41) is 15.9. The van der Waals surface area contributed by atoms with Crippen LogP contribution in [0.4, 0.5) is 5.82 Å². The van der Waals surface area contributed by atoms with E-state index in [1.165, 1.54) is 14.0 Å². The first-order valence-electron chi connectivity index (χ1n) is 3.35. The van der Waals surface area contributed by atoms with E-state index in [0.717, 1.165) is 0 Å². The number of nitro groups is 1. The number of aromatic amines is 1. The van der Waals surface area contributed by atoms with Gasteiger partial charge in [-0.05, 0) is 11.8 Å². The minimum absolute atomic E-state index is 0.0609. The van der Waals surface area contributed by atoms with Crippen LogP contribution in [0.3, 0.4) is 0 Å². The van der Waals surface area contributed by atoms with Gasteiger partial charge in [0.25, 0.3) is 0 Å². The average Bonchev–Trinajstić information content (AvgIpc) is 2.46. The molecule has 1 aromatic heterocycles. The third-order valence-electron chi connectivity index (χ3n) is 1.55. The molecule has 1 rings (SSSR count). The Kier molecular flexibility index (Phi) is 2.27. The van der Waals surface area contributed by atoms with Gasteiger partial charge in [0.15, 0.2) is 0 Å². The summed E-state index contributed by atoms with van der Waals surface area (Å²) >= 11 is 0. The quantitative estimate of drug-likeness (QED) is 0.408. The lowest BCUT2D eigenvalue weighted by atomic mass is 10.2. The molecule has 0 aliphatic rings. The maximum atomic E-state index is 10.9. The molecule has 1 aromatic rings. The second-order valence-corrected chi connectivity index (χ2v) is 2.29. The third kappa shape index (κ3) is 1.48. The van der Waals surface area contributed by atoms with E-state index < -0.39 is 10.9 Å². The maximum Gasteiger partial charge on any atom is 0.361 e. The van der Waals surface area contributed by atoms with Crippen molar-refractivity contribution in [1.82, 2.24) is 10.2 Å². The monoisotopic (exact) mass is 185 g/mol. The maximum absolute atomic E-state index is 10.9. The number of H-pyrrole nitrogens is 1. The number of nitrogens with one attached hydrogen (secondary N) is 1. The number of nitrogens with zero attached hydrogens (tertiary/aromatic N) is 2. The van der Waals surface area contributed by atoms with Crippen molar-refractivity contribution >= 4 is 11.8 Å². The van der Waals surface area contributed by atoms with Crippen molar-refractivity contribution in [1.29, 1.82) is 0 Å². The summed E-state index contributed by atoms with van der Waals surface area (Å²) in [5.41, 5.74) is 0.117. The molecular weight excluding hydrogens is 178 g/mol. The number of methoxy groups -OCH3 is 1. The standard InChI is InChI=1S/C6H7N3O4/c1-3-4(6(10)13-2)7-8-5(3)9(11)12/h1-2H3,(H,7,8). The predicted octanol–water partition coefficient (Wildman–Crippen LogP) is 0.413. The van der Waals surface area contributed by atoms with Crippen molar-refractivity contribution < 1.29 is 14.5 Å². The predicted molar refractivity (Wildman–Crippen MR) is 41.3 cm³/mol. The molecule has 0 amide bonds. The number of esters is 1. The molecule has 1 heterocycles. The second kappa shape index (κ2) is 3.21. The first kappa shape index (κ1) is 9.17. The minimum Gasteiger partial charge on any atom is -0.464 e. The van der Waals surface area contributed by atoms with Gasteiger partial charge in [0.2, 0.25) is 5.69 Å². The minimum atomic E-state index is -0.693. The Morgan fingerprint density at radius 1 is 1.69 bits per heavy atom. The van der Waals surface area contributed by atoms with Gasteiger partial charge in [0, 0.05) is 0 Å². The summed E-state index contributed by atoms with van der Waals surface area (Å²) in [6.45, 7) is 1.42. The van der Waals surface area contributed by atoms with Gasteiger partial charge in [-0.2, -0.15) is 0 Å². The molecule has 0 aliphatic heterocycles. The molecule has 0 saturated heterocycles. The first-order chi connectivity index (χ1) is 6.07. The molecule has 0 radical (unpaired) electrons. The highest BCUT2D eigenvalue weighted by Gasteiger charge is 2.23. The molecule has 0 spiro atoms. The Bertz CT molecular complexity index is 357. The Morgan fingerprint density at radius 2 is 2.31 bits per heavy atom.